The number of nitrogens with zero attached hydrogens (tertiary/aromatic N) is 3. The van der Waals surface area contributed by atoms with Crippen molar-refractivity contribution in [2.45, 2.75) is 56.0 Å². The van der Waals surface area contributed by atoms with Crippen LogP contribution in [0.2, 0.25) is 0 Å². The molecular weight excluding hydrogens is 281 g/mol. The number of rotatable bonds is 2. The van der Waals surface area contributed by atoms with E-state index in [-0.39, 0.29) is 24.7 Å². The van der Waals surface area contributed by atoms with Gasteiger partial charge in [0.1, 0.15) is 11.2 Å². The van der Waals surface area contributed by atoms with Gasteiger partial charge in [-0.15, -0.1) is 0 Å². The van der Waals surface area contributed by atoms with Crippen molar-refractivity contribution in [1.29, 1.82) is 0 Å². The van der Waals surface area contributed by atoms with Gasteiger partial charge in [-0.05, 0) is 25.8 Å². The van der Waals surface area contributed by atoms with Crippen molar-refractivity contribution >= 4 is 0 Å². The quantitative estimate of drug-likeness (QED) is 0.913. The Morgan fingerprint density at radius 1 is 1.24 bits per heavy atom. The molecule has 1 aromatic rings. The molecule has 1 N–H and O–H groups in total. The molecule has 1 aliphatic carbocycles. The van der Waals surface area contributed by atoms with Gasteiger partial charge in [0.15, 0.2) is 5.82 Å². The van der Waals surface area contributed by atoms with Crippen LogP contribution in [0.3, 0.4) is 0 Å². The third kappa shape index (κ3) is 2.45. The van der Waals surface area contributed by atoms with Crippen molar-refractivity contribution in [2.75, 3.05) is 13.1 Å². The number of halogens is 3. The first kappa shape index (κ1) is 14.8. The molecule has 1 saturated carbocycles. The van der Waals surface area contributed by atoms with E-state index in [0.29, 0.717) is 12.4 Å². The van der Waals surface area contributed by atoms with Crippen molar-refractivity contribution in [3.63, 3.8) is 0 Å². The predicted octanol–water partition coefficient (Wildman–Crippen LogP) is 2.66. The average Bonchev–Trinajstić information content (AvgIpc) is 3.06. The summed E-state index contributed by atoms with van der Waals surface area (Å²) in [5.41, 5.74) is -1.89. The summed E-state index contributed by atoms with van der Waals surface area (Å²) >= 11 is 0. The van der Waals surface area contributed by atoms with E-state index in [1.807, 2.05) is 0 Å². The van der Waals surface area contributed by atoms with Gasteiger partial charge in [-0.3, -0.25) is 4.68 Å². The van der Waals surface area contributed by atoms with Crippen molar-refractivity contribution in [3.05, 3.63) is 11.6 Å². The molecule has 1 saturated heterocycles. The molecule has 4 nitrogen and oxygen atoms in total. The summed E-state index contributed by atoms with van der Waals surface area (Å²) in [6, 6.07) is 0. The van der Waals surface area contributed by atoms with Gasteiger partial charge in [0.2, 0.25) is 0 Å². The lowest BCUT2D eigenvalue weighted by Gasteiger charge is -2.29. The van der Waals surface area contributed by atoms with Crippen molar-refractivity contribution < 1.29 is 13.2 Å². The number of aromatic nitrogens is 3. The lowest BCUT2D eigenvalue weighted by Crippen LogP contribution is -2.46. The Hall–Kier alpha value is -1.11. The normalized spacial score (nSPS) is 28.2. The maximum atomic E-state index is 13.6. The largest absolute Gasteiger partial charge is 0.402 e. The van der Waals surface area contributed by atoms with Crippen LogP contribution in [0.4, 0.5) is 13.2 Å². The third-order valence-electron chi connectivity index (χ3n) is 4.88. The molecule has 118 valence electrons. The molecule has 2 fully saturated rings. The zero-order valence-electron chi connectivity index (χ0n) is 12.2. The maximum absolute atomic E-state index is 13.6. The van der Waals surface area contributed by atoms with Crippen LogP contribution in [0.25, 0.3) is 0 Å². The van der Waals surface area contributed by atoms with Crippen LogP contribution in [0.1, 0.15) is 56.1 Å². The predicted molar refractivity (Wildman–Crippen MR) is 72.0 cm³/mol. The molecule has 1 aliphatic heterocycles. The molecule has 3 rings (SSSR count). The minimum Gasteiger partial charge on any atom is -0.315 e. The lowest BCUT2D eigenvalue weighted by molar-refractivity contribution is -0.187. The van der Waals surface area contributed by atoms with Gasteiger partial charge in [-0.2, -0.15) is 18.3 Å². The van der Waals surface area contributed by atoms with Gasteiger partial charge in [-0.1, -0.05) is 19.3 Å². The van der Waals surface area contributed by atoms with Crippen molar-refractivity contribution in [1.82, 2.24) is 20.1 Å². The molecule has 0 amide bonds. The van der Waals surface area contributed by atoms with Gasteiger partial charge >= 0.3 is 6.18 Å². The van der Waals surface area contributed by atoms with Gasteiger partial charge in [-0.25, -0.2) is 4.98 Å². The van der Waals surface area contributed by atoms with Crippen LogP contribution in [0.5, 0.6) is 0 Å². The Kier molecular flexibility index (Phi) is 3.71. The van der Waals surface area contributed by atoms with E-state index in [0.717, 1.165) is 25.7 Å². The molecular formula is C14H21F3N4. The minimum absolute atomic E-state index is 0.0349. The van der Waals surface area contributed by atoms with E-state index in [9.17, 15) is 13.2 Å². The highest BCUT2D eigenvalue weighted by Gasteiger charge is 2.60. The van der Waals surface area contributed by atoms with Crippen LogP contribution in [0, 0.1) is 0 Å². The fraction of sp³-hybridized carbons (Fsp3) is 0.857. The molecule has 0 aromatic carbocycles. The number of aryl methyl sites for hydroxylation is 1. The molecule has 1 aromatic heterocycles. The highest BCUT2D eigenvalue weighted by Crippen LogP contribution is 2.45. The summed E-state index contributed by atoms with van der Waals surface area (Å²) in [6.07, 6.45) is 1.14. The fourth-order valence-corrected chi connectivity index (χ4v) is 3.61. The van der Waals surface area contributed by atoms with Gasteiger partial charge in [0, 0.05) is 19.5 Å². The van der Waals surface area contributed by atoms with Crippen molar-refractivity contribution in [2.24, 2.45) is 7.05 Å². The molecule has 1 atom stereocenters. The third-order valence-corrected chi connectivity index (χ3v) is 4.88. The summed E-state index contributed by atoms with van der Waals surface area (Å²) in [5.74, 6) is 0.890. The van der Waals surface area contributed by atoms with Crippen LogP contribution in [-0.2, 0) is 12.5 Å². The lowest BCUT2D eigenvalue weighted by atomic mass is 9.85. The summed E-state index contributed by atoms with van der Waals surface area (Å²) in [7, 11) is 1.58. The topological polar surface area (TPSA) is 42.7 Å². The minimum atomic E-state index is -4.30. The van der Waals surface area contributed by atoms with Gasteiger partial charge in [0.25, 0.3) is 0 Å². The summed E-state index contributed by atoms with van der Waals surface area (Å²) in [6.45, 7) is 0.262. The fourth-order valence-electron chi connectivity index (χ4n) is 3.61. The molecule has 21 heavy (non-hydrogen) atoms. The average molecular weight is 302 g/mol. The summed E-state index contributed by atoms with van der Waals surface area (Å²) in [4.78, 5) is 4.35. The molecule has 0 radical (unpaired) electrons. The van der Waals surface area contributed by atoms with E-state index in [4.69, 9.17) is 0 Å². The monoisotopic (exact) mass is 302 g/mol. The smallest absolute Gasteiger partial charge is 0.315 e. The number of nitrogens with one attached hydrogen (secondary N) is 1. The molecule has 0 spiro atoms. The van der Waals surface area contributed by atoms with Gasteiger partial charge in [0.05, 0.1) is 0 Å². The number of alkyl halides is 3. The van der Waals surface area contributed by atoms with E-state index in [1.54, 1.807) is 7.05 Å². The highest BCUT2D eigenvalue weighted by molar-refractivity contribution is 5.18. The zero-order chi connectivity index (χ0) is 15.1. The first-order chi connectivity index (χ1) is 9.94. The van der Waals surface area contributed by atoms with Gasteiger partial charge < -0.3 is 5.32 Å². The number of hydrogen-bond acceptors (Lipinski definition) is 3. The standard InChI is InChI=1S/C14H21F3N4/c1-21-12(13(14(15,16)17)7-8-18-9-13)19-11(20-21)10-5-3-2-4-6-10/h10,18H,2-9H2,1H3. The van der Waals surface area contributed by atoms with Crippen LogP contribution in [-0.4, -0.2) is 34.0 Å². The number of hydrogen-bond donors (Lipinski definition) is 1. The molecule has 0 bridgehead atoms. The second-order valence-corrected chi connectivity index (χ2v) is 6.26. The Balaban J connectivity index is 1.96. The van der Waals surface area contributed by atoms with Crippen LogP contribution >= 0.6 is 0 Å². The first-order valence-corrected chi connectivity index (χ1v) is 7.63. The molecule has 1 unspecified atom stereocenters. The van der Waals surface area contributed by atoms with Crippen LogP contribution < -0.4 is 5.32 Å². The Labute approximate surface area is 122 Å². The summed E-state index contributed by atoms with van der Waals surface area (Å²) in [5, 5.41) is 7.15. The molecule has 7 heteroatoms. The Bertz CT molecular complexity index is 497. The van der Waals surface area contributed by atoms with E-state index >= 15 is 0 Å². The molecule has 2 aliphatic rings. The summed E-state index contributed by atoms with van der Waals surface area (Å²) < 4.78 is 42.2. The zero-order valence-corrected chi connectivity index (χ0v) is 12.2. The van der Waals surface area contributed by atoms with E-state index < -0.39 is 11.6 Å². The second-order valence-electron chi connectivity index (χ2n) is 6.26. The second kappa shape index (κ2) is 5.26. The molecule has 2 heterocycles. The van der Waals surface area contributed by atoms with E-state index in [1.165, 1.54) is 11.1 Å². The highest BCUT2D eigenvalue weighted by atomic mass is 19.4. The maximum Gasteiger partial charge on any atom is 0.402 e. The Morgan fingerprint density at radius 2 is 1.95 bits per heavy atom. The Morgan fingerprint density at radius 3 is 2.52 bits per heavy atom. The van der Waals surface area contributed by atoms with Crippen molar-refractivity contribution in [3.8, 4) is 0 Å². The SMILES string of the molecule is Cn1nc(C2CCCCC2)nc1C1(C(F)(F)F)CCNC1. The van der Waals surface area contributed by atoms with E-state index in [2.05, 4.69) is 15.4 Å². The van der Waals surface area contributed by atoms with Crippen LogP contribution in [0.15, 0.2) is 0 Å². The first-order valence-electron chi connectivity index (χ1n) is 7.63.